The molecular weight excluding hydrogens is 251 g/mol. The first kappa shape index (κ1) is 8.48. The number of rotatable bonds is 0. The first-order valence-corrected chi connectivity index (χ1v) is 7.28. The molecule has 1 heterocycles. The first-order valence-electron chi connectivity index (χ1n) is 4.56. The van der Waals surface area contributed by atoms with Gasteiger partial charge in [0.05, 0.1) is 0 Å². The zero-order chi connectivity index (χ0) is 9.38. The summed E-state index contributed by atoms with van der Waals surface area (Å²) in [7, 11) is 0.859. The number of fused-ring (bicyclic) bond motifs is 2. The van der Waals surface area contributed by atoms with Crippen LogP contribution in [0.15, 0.2) is 48.5 Å². The van der Waals surface area contributed by atoms with Gasteiger partial charge in [-0.05, 0) is 0 Å². The third kappa shape index (κ3) is 1.36. The van der Waals surface area contributed by atoms with E-state index in [1.807, 2.05) is 0 Å². The fourth-order valence-electron chi connectivity index (χ4n) is 1.58. The van der Waals surface area contributed by atoms with E-state index < -0.39 is 0 Å². The zero-order valence-electron chi connectivity index (χ0n) is 7.53. The van der Waals surface area contributed by atoms with E-state index in [2.05, 4.69) is 48.5 Å². The molecule has 2 aromatic carbocycles. The van der Waals surface area contributed by atoms with Crippen LogP contribution < -0.4 is 19.3 Å². The molecule has 0 spiro atoms. The molecule has 0 amide bonds. The number of benzene rings is 2. The van der Waals surface area contributed by atoms with Gasteiger partial charge in [0.15, 0.2) is 0 Å². The topological polar surface area (TPSA) is 0 Å². The Labute approximate surface area is 92.3 Å². The fraction of sp³-hybridized carbons (Fsp3) is 0. The summed E-state index contributed by atoms with van der Waals surface area (Å²) in [6.07, 6.45) is 0. The summed E-state index contributed by atoms with van der Waals surface area (Å²) in [5.41, 5.74) is 0. The van der Waals surface area contributed by atoms with Gasteiger partial charge in [-0.3, -0.25) is 0 Å². The van der Waals surface area contributed by atoms with E-state index in [9.17, 15) is 0 Å². The molecule has 0 unspecified atom stereocenters. The molecule has 0 aliphatic carbocycles. The van der Waals surface area contributed by atoms with Crippen molar-refractivity contribution in [3.8, 4) is 0 Å². The molecule has 2 radical (unpaired) electrons. The molecule has 0 saturated carbocycles. The Morgan fingerprint density at radius 1 is 0.714 bits per heavy atom. The van der Waals surface area contributed by atoms with Crippen LogP contribution in [0.1, 0.15) is 0 Å². The van der Waals surface area contributed by atoms with Gasteiger partial charge in [0.25, 0.3) is 0 Å². The SMILES string of the molecule is c1ccc2c(c1)[Si]c1ccccc1[Se]2. The van der Waals surface area contributed by atoms with Gasteiger partial charge < -0.3 is 0 Å². The van der Waals surface area contributed by atoms with Crippen molar-refractivity contribution < 1.29 is 0 Å². The second-order valence-electron chi connectivity index (χ2n) is 3.22. The Morgan fingerprint density at radius 3 is 1.79 bits per heavy atom. The van der Waals surface area contributed by atoms with E-state index in [4.69, 9.17) is 0 Å². The van der Waals surface area contributed by atoms with Gasteiger partial charge in [0, 0.05) is 0 Å². The van der Waals surface area contributed by atoms with Crippen molar-refractivity contribution in [2.45, 2.75) is 0 Å². The zero-order valence-corrected chi connectivity index (χ0v) is 10.2. The van der Waals surface area contributed by atoms with Gasteiger partial charge in [0.2, 0.25) is 0 Å². The standard InChI is InChI=1S/C12H8SeSi/c1-3-7-11-9(5-1)13-10-6-2-4-8-12(10)14-11/h1-8H. The Balaban J connectivity index is 2.12. The Kier molecular flexibility index (Phi) is 2.05. The van der Waals surface area contributed by atoms with Crippen molar-refractivity contribution in [1.29, 1.82) is 0 Å². The number of hydrogen-bond donors (Lipinski definition) is 0. The molecule has 0 aromatic heterocycles. The molecule has 2 heteroatoms. The van der Waals surface area contributed by atoms with Crippen LogP contribution in [0, 0.1) is 0 Å². The van der Waals surface area contributed by atoms with Crippen LogP contribution in [0.3, 0.4) is 0 Å². The average Bonchev–Trinajstić information content (AvgIpc) is 2.26. The van der Waals surface area contributed by atoms with Crippen LogP contribution in [0.2, 0.25) is 0 Å². The third-order valence-corrected chi connectivity index (χ3v) is 6.90. The van der Waals surface area contributed by atoms with Crippen LogP contribution >= 0.6 is 0 Å². The van der Waals surface area contributed by atoms with Crippen molar-refractivity contribution in [3.63, 3.8) is 0 Å². The van der Waals surface area contributed by atoms with Crippen molar-refractivity contribution in [3.05, 3.63) is 48.5 Å². The molecule has 1 aliphatic heterocycles. The summed E-state index contributed by atoms with van der Waals surface area (Å²) in [5.74, 6) is 0. The van der Waals surface area contributed by atoms with Gasteiger partial charge in [0.1, 0.15) is 0 Å². The molecule has 0 fully saturated rings. The maximum absolute atomic E-state index is 2.28. The molecule has 0 nitrogen and oxygen atoms in total. The van der Waals surface area contributed by atoms with Crippen molar-refractivity contribution >= 4 is 43.8 Å². The summed E-state index contributed by atoms with van der Waals surface area (Å²) in [5, 5.41) is 3.09. The molecular formula is C12H8SeSi. The van der Waals surface area contributed by atoms with Crippen LogP contribution in [0.5, 0.6) is 0 Å². The van der Waals surface area contributed by atoms with E-state index in [1.165, 1.54) is 0 Å². The van der Waals surface area contributed by atoms with E-state index in [-0.39, 0.29) is 0 Å². The van der Waals surface area contributed by atoms with E-state index in [0.717, 1.165) is 9.52 Å². The molecule has 0 atom stereocenters. The van der Waals surface area contributed by atoms with Gasteiger partial charge >= 0.3 is 92.3 Å². The van der Waals surface area contributed by atoms with Crippen molar-refractivity contribution in [1.82, 2.24) is 0 Å². The third-order valence-electron chi connectivity index (χ3n) is 2.26. The second-order valence-corrected chi connectivity index (χ2v) is 6.82. The van der Waals surface area contributed by atoms with Crippen LogP contribution in [0.25, 0.3) is 0 Å². The fourth-order valence-corrected chi connectivity index (χ4v) is 5.68. The van der Waals surface area contributed by atoms with Crippen LogP contribution in [-0.2, 0) is 0 Å². The molecule has 2 aromatic rings. The second kappa shape index (κ2) is 3.39. The van der Waals surface area contributed by atoms with Crippen LogP contribution in [0.4, 0.5) is 0 Å². The Morgan fingerprint density at radius 2 is 1.21 bits per heavy atom. The molecule has 14 heavy (non-hydrogen) atoms. The monoisotopic (exact) mass is 260 g/mol. The minimum absolute atomic E-state index is 0.526. The summed E-state index contributed by atoms with van der Waals surface area (Å²) in [6.45, 7) is 0. The molecule has 1 aliphatic rings. The Hall–Kier alpha value is -0.824. The van der Waals surface area contributed by atoms with Gasteiger partial charge in [-0.15, -0.1) is 0 Å². The number of hydrogen-bond acceptors (Lipinski definition) is 0. The molecule has 3 rings (SSSR count). The average molecular weight is 259 g/mol. The Bertz CT molecular complexity index is 392. The van der Waals surface area contributed by atoms with E-state index in [0.29, 0.717) is 15.0 Å². The summed E-state index contributed by atoms with van der Waals surface area (Å²) in [6, 6.07) is 17.7. The van der Waals surface area contributed by atoms with E-state index >= 15 is 0 Å². The van der Waals surface area contributed by atoms with Crippen molar-refractivity contribution in [2.75, 3.05) is 0 Å². The normalized spacial score (nSPS) is 13.1. The first-order chi connectivity index (χ1) is 6.93. The molecule has 0 N–H and O–H groups in total. The van der Waals surface area contributed by atoms with E-state index in [1.54, 1.807) is 19.3 Å². The van der Waals surface area contributed by atoms with Gasteiger partial charge in [-0.25, -0.2) is 0 Å². The molecule has 0 saturated heterocycles. The summed E-state index contributed by atoms with van der Waals surface area (Å²) < 4.78 is 3.13. The van der Waals surface area contributed by atoms with Crippen molar-refractivity contribution in [2.24, 2.45) is 0 Å². The van der Waals surface area contributed by atoms with Gasteiger partial charge in [-0.2, -0.15) is 0 Å². The molecule has 0 bridgehead atoms. The molecule has 66 valence electrons. The maximum atomic E-state index is 2.28. The summed E-state index contributed by atoms with van der Waals surface area (Å²) in [4.78, 5) is 0. The predicted molar refractivity (Wildman–Crippen MR) is 62.9 cm³/mol. The van der Waals surface area contributed by atoms with Crippen LogP contribution in [-0.4, -0.2) is 24.5 Å². The quantitative estimate of drug-likeness (QED) is 0.469. The minimum atomic E-state index is 0.526. The summed E-state index contributed by atoms with van der Waals surface area (Å²) >= 11 is 0.526. The van der Waals surface area contributed by atoms with Gasteiger partial charge in [-0.1, -0.05) is 0 Å². The predicted octanol–water partition coefficient (Wildman–Crippen LogP) is -0.690.